The molecule has 2 aliphatic heterocycles. The molecule has 0 unspecified atom stereocenters. The Kier molecular flexibility index (Phi) is 5.19. The molecule has 0 aliphatic carbocycles. The van der Waals surface area contributed by atoms with E-state index in [0.717, 1.165) is 39.0 Å². The van der Waals surface area contributed by atoms with E-state index in [9.17, 15) is 5.11 Å². The molecule has 2 atom stereocenters. The van der Waals surface area contributed by atoms with E-state index in [1.54, 1.807) is 0 Å². The smallest absolute Gasteiger partial charge is 0.213 e. The summed E-state index contributed by atoms with van der Waals surface area (Å²) in [6.07, 6.45) is 5.37. The van der Waals surface area contributed by atoms with Gasteiger partial charge in [0.15, 0.2) is 0 Å². The van der Waals surface area contributed by atoms with E-state index in [2.05, 4.69) is 27.9 Å². The molecular weight excluding hydrogens is 290 g/mol. The third kappa shape index (κ3) is 3.52. The number of hydrogen-bond acceptors (Lipinski definition) is 5. The second-order valence-electron chi connectivity index (χ2n) is 7.04. The number of aliphatic hydroxyl groups is 1. The largest absolute Gasteiger partial charge is 0.478 e. The number of rotatable bonds is 5. The highest BCUT2D eigenvalue weighted by Gasteiger charge is 2.46. The van der Waals surface area contributed by atoms with Crippen molar-refractivity contribution < 1.29 is 9.84 Å². The Morgan fingerprint density at radius 2 is 2.22 bits per heavy atom. The van der Waals surface area contributed by atoms with Crippen LogP contribution in [-0.2, 0) is 6.54 Å². The van der Waals surface area contributed by atoms with Crippen LogP contribution in [0.3, 0.4) is 0 Å². The Balaban J connectivity index is 1.64. The first kappa shape index (κ1) is 16.7. The number of fused-ring (bicyclic) bond motifs is 1. The summed E-state index contributed by atoms with van der Waals surface area (Å²) < 4.78 is 5.40. The molecule has 5 nitrogen and oxygen atoms in total. The fourth-order valence-electron chi connectivity index (χ4n) is 4.21. The lowest BCUT2D eigenvalue weighted by Crippen LogP contribution is -2.61. The van der Waals surface area contributed by atoms with Gasteiger partial charge in [-0.2, -0.15) is 0 Å². The van der Waals surface area contributed by atoms with Crippen LogP contribution in [0.25, 0.3) is 0 Å². The number of aromatic nitrogens is 1. The highest BCUT2D eigenvalue weighted by molar-refractivity contribution is 5.18. The Bertz CT molecular complexity index is 507. The van der Waals surface area contributed by atoms with Crippen LogP contribution < -0.4 is 4.74 Å². The SMILES string of the molecule is CCOc1ccc(CN2CC[C@@]3(CO)CCCN(C)[C@@H]3C2)cn1. The summed E-state index contributed by atoms with van der Waals surface area (Å²) in [5.41, 5.74) is 1.34. The van der Waals surface area contributed by atoms with E-state index in [1.807, 2.05) is 19.2 Å². The standard InChI is InChI=1S/C18H29N3O2/c1-3-23-17-6-5-15(11-19-17)12-21-10-8-18(14-22)7-4-9-20(2)16(18)13-21/h5-6,11,16,22H,3-4,7-10,12-14H2,1-2H3/t16-,18-/m1/s1. The predicted octanol–water partition coefficient (Wildman–Crippen LogP) is 1.76. The molecule has 23 heavy (non-hydrogen) atoms. The second-order valence-corrected chi connectivity index (χ2v) is 7.04. The van der Waals surface area contributed by atoms with Crippen molar-refractivity contribution in [3.05, 3.63) is 23.9 Å². The minimum absolute atomic E-state index is 0.112. The molecule has 1 aromatic heterocycles. The number of hydrogen-bond donors (Lipinski definition) is 1. The first-order valence-electron chi connectivity index (χ1n) is 8.78. The van der Waals surface area contributed by atoms with Crippen molar-refractivity contribution in [3.8, 4) is 5.88 Å². The number of likely N-dealkylation sites (N-methyl/N-ethyl adjacent to an activating group) is 1. The van der Waals surface area contributed by atoms with E-state index in [1.165, 1.54) is 12.0 Å². The van der Waals surface area contributed by atoms with Gasteiger partial charge in [0.25, 0.3) is 0 Å². The number of pyridine rings is 1. The van der Waals surface area contributed by atoms with E-state index in [0.29, 0.717) is 25.1 Å². The van der Waals surface area contributed by atoms with Crippen molar-refractivity contribution in [3.63, 3.8) is 0 Å². The van der Waals surface area contributed by atoms with Crippen LogP contribution in [-0.4, -0.2) is 65.8 Å². The van der Waals surface area contributed by atoms with Gasteiger partial charge in [0.05, 0.1) is 13.2 Å². The summed E-state index contributed by atoms with van der Waals surface area (Å²) in [6.45, 7) is 7.09. The topological polar surface area (TPSA) is 48.8 Å². The van der Waals surface area contributed by atoms with Crippen molar-refractivity contribution in [2.24, 2.45) is 5.41 Å². The molecule has 2 saturated heterocycles. The van der Waals surface area contributed by atoms with Crippen LogP contribution in [0.1, 0.15) is 31.7 Å². The highest BCUT2D eigenvalue weighted by Crippen LogP contribution is 2.41. The van der Waals surface area contributed by atoms with Gasteiger partial charge in [-0.15, -0.1) is 0 Å². The predicted molar refractivity (Wildman–Crippen MR) is 90.5 cm³/mol. The molecule has 0 spiro atoms. The highest BCUT2D eigenvalue weighted by atomic mass is 16.5. The Hall–Kier alpha value is -1.17. The molecule has 0 bridgehead atoms. The van der Waals surface area contributed by atoms with Crippen molar-refractivity contribution >= 4 is 0 Å². The lowest BCUT2D eigenvalue weighted by molar-refractivity contribution is -0.0684. The zero-order valence-electron chi connectivity index (χ0n) is 14.4. The number of ether oxygens (including phenoxy) is 1. The van der Waals surface area contributed by atoms with Crippen molar-refractivity contribution in [1.29, 1.82) is 0 Å². The molecule has 2 aliphatic rings. The average Bonchev–Trinajstić information content (AvgIpc) is 2.58. The first-order valence-corrected chi connectivity index (χ1v) is 8.78. The number of nitrogens with zero attached hydrogens (tertiary/aromatic N) is 3. The monoisotopic (exact) mass is 319 g/mol. The van der Waals surface area contributed by atoms with Crippen LogP contribution in [0.5, 0.6) is 5.88 Å². The molecule has 0 saturated carbocycles. The number of aliphatic hydroxyl groups excluding tert-OH is 1. The van der Waals surface area contributed by atoms with Crippen molar-refractivity contribution in [2.75, 3.05) is 39.9 Å². The molecule has 0 radical (unpaired) electrons. The Morgan fingerprint density at radius 3 is 2.91 bits per heavy atom. The molecule has 3 heterocycles. The summed E-state index contributed by atoms with van der Waals surface area (Å²) >= 11 is 0. The van der Waals surface area contributed by atoms with Gasteiger partial charge in [0.1, 0.15) is 0 Å². The quantitative estimate of drug-likeness (QED) is 0.896. The van der Waals surface area contributed by atoms with Crippen molar-refractivity contribution in [2.45, 2.75) is 38.8 Å². The average molecular weight is 319 g/mol. The van der Waals surface area contributed by atoms with E-state index < -0.39 is 0 Å². The van der Waals surface area contributed by atoms with Gasteiger partial charge >= 0.3 is 0 Å². The summed E-state index contributed by atoms with van der Waals surface area (Å²) in [4.78, 5) is 9.31. The summed E-state index contributed by atoms with van der Waals surface area (Å²) in [7, 11) is 2.20. The Morgan fingerprint density at radius 1 is 1.35 bits per heavy atom. The van der Waals surface area contributed by atoms with Gasteiger partial charge in [-0.1, -0.05) is 6.07 Å². The van der Waals surface area contributed by atoms with Crippen molar-refractivity contribution in [1.82, 2.24) is 14.8 Å². The molecule has 0 amide bonds. The van der Waals surface area contributed by atoms with Gasteiger partial charge in [-0.05, 0) is 51.9 Å². The maximum atomic E-state index is 9.98. The number of likely N-dealkylation sites (tertiary alicyclic amines) is 2. The van der Waals surface area contributed by atoms with Gasteiger partial charge in [0.2, 0.25) is 5.88 Å². The molecular formula is C18H29N3O2. The minimum atomic E-state index is 0.112. The van der Waals surface area contributed by atoms with Crippen LogP contribution in [0.2, 0.25) is 0 Å². The van der Waals surface area contributed by atoms with Crippen LogP contribution >= 0.6 is 0 Å². The molecule has 3 rings (SSSR count). The van der Waals surface area contributed by atoms with Gasteiger partial charge in [-0.25, -0.2) is 4.98 Å². The third-order valence-corrected chi connectivity index (χ3v) is 5.59. The summed E-state index contributed by atoms with van der Waals surface area (Å²) in [5.74, 6) is 0.696. The summed E-state index contributed by atoms with van der Waals surface area (Å²) in [6, 6.07) is 4.52. The summed E-state index contributed by atoms with van der Waals surface area (Å²) in [5, 5.41) is 9.98. The third-order valence-electron chi connectivity index (χ3n) is 5.59. The zero-order chi connectivity index (χ0) is 16.3. The normalized spacial score (nSPS) is 29.3. The van der Waals surface area contributed by atoms with Gasteiger partial charge in [0, 0.05) is 36.8 Å². The van der Waals surface area contributed by atoms with Crippen LogP contribution in [0, 0.1) is 5.41 Å². The fourth-order valence-corrected chi connectivity index (χ4v) is 4.21. The maximum absolute atomic E-state index is 9.98. The molecule has 1 N–H and O–H groups in total. The number of piperidine rings is 2. The fraction of sp³-hybridized carbons (Fsp3) is 0.722. The Labute approximate surface area is 139 Å². The van der Waals surface area contributed by atoms with Gasteiger partial charge in [-0.3, -0.25) is 4.90 Å². The lowest BCUT2D eigenvalue weighted by atomic mass is 9.69. The van der Waals surface area contributed by atoms with E-state index in [-0.39, 0.29) is 5.41 Å². The van der Waals surface area contributed by atoms with Gasteiger partial charge < -0.3 is 14.7 Å². The molecule has 128 valence electrons. The van der Waals surface area contributed by atoms with E-state index >= 15 is 0 Å². The maximum Gasteiger partial charge on any atom is 0.213 e. The van der Waals surface area contributed by atoms with E-state index in [4.69, 9.17) is 4.74 Å². The zero-order valence-corrected chi connectivity index (χ0v) is 14.4. The second kappa shape index (κ2) is 7.16. The lowest BCUT2D eigenvalue weighted by Gasteiger charge is -2.53. The molecule has 1 aromatic rings. The minimum Gasteiger partial charge on any atom is -0.478 e. The molecule has 0 aromatic carbocycles. The molecule has 2 fully saturated rings. The van der Waals surface area contributed by atoms with Crippen LogP contribution in [0.4, 0.5) is 0 Å². The molecule has 5 heteroatoms. The first-order chi connectivity index (χ1) is 11.2. The van der Waals surface area contributed by atoms with Crippen LogP contribution in [0.15, 0.2) is 18.3 Å².